The summed E-state index contributed by atoms with van der Waals surface area (Å²) in [7, 11) is 0. The fourth-order valence-corrected chi connectivity index (χ4v) is 1.17. The van der Waals surface area contributed by atoms with Crippen LogP contribution in [0.3, 0.4) is 0 Å². The summed E-state index contributed by atoms with van der Waals surface area (Å²) in [6.07, 6.45) is -2.17. The summed E-state index contributed by atoms with van der Waals surface area (Å²) in [6.45, 7) is 0. The number of carboxylic acids is 1. The van der Waals surface area contributed by atoms with Gasteiger partial charge in [-0.2, -0.15) is 8.78 Å². The largest absolute Gasteiger partial charge is 0.480 e. The first-order chi connectivity index (χ1) is 8.75. The number of H-pyrrole nitrogens is 1. The van der Waals surface area contributed by atoms with Gasteiger partial charge < -0.3 is 15.4 Å². The zero-order valence-electron chi connectivity index (χ0n) is 9.24. The molecule has 0 aliphatic carbocycles. The molecular formula is C9H9F4N3O3. The number of hydrogen-bond donors (Lipinski definition) is 3. The minimum atomic E-state index is -4.94. The predicted octanol–water partition coefficient (Wildman–Crippen LogP) is 0.422. The van der Waals surface area contributed by atoms with Crippen molar-refractivity contribution >= 4 is 11.9 Å². The minimum Gasteiger partial charge on any atom is -0.480 e. The number of nitrogens with one attached hydrogen (secondary N) is 2. The smallest absolute Gasteiger partial charge is 0.383 e. The third-order valence-corrected chi connectivity index (χ3v) is 2.16. The van der Waals surface area contributed by atoms with Crippen molar-refractivity contribution in [3.63, 3.8) is 0 Å². The second-order valence-electron chi connectivity index (χ2n) is 3.57. The summed E-state index contributed by atoms with van der Waals surface area (Å²) >= 11 is 0. The molecule has 1 rings (SSSR count). The number of nitrogens with zero attached hydrogens (tertiary/aromatic N) is 1. The number of aliphatic carboxylic acids is 1. The number of halogens is 4. The van der Waals surface area contributed by atoms with Crippen molar-refractivity contribution < 1.29 is 32.3 Å². The van der Waals surface area contributed by atoms with E-state index in [0.29, 0.717) is 0 Å². The summed E-state index contributed by atoms with van der Waals surface area (Å²) in [5, 5.41) is 10.1. The maximum Gasteiger partial charge on any atom is 0.383 e. The molecule has 0 unspecified atom stereocenters. The van der Waals surface area contributed by atoms with E-state index < -0.39 is 30.3 Å². The van der Waals surface area contributed by atoms with Crippen LogP contribution in [0.4, 0.5) is 17.6 Å². The fraction of sp³-hybridized carbons (Fsp3) is 0.444. The maximum atomic E-state index is 12.7. The van der Waals surface area contributed by atoms with Gasteiger partial charge in [-0.1, -0.05) is 0 Å². The van der Waals surface area contributed by atoms with Crippen LogP contribution in [-0.2, 0) is 16.0 Å². The van der Waals surface area contributed by atoms with Crippen LogP contribution in [-0.4, -0.2) is 45.3 Å². The van der Waals surface area contributed by atoms with Crippen LogP contribution in [0.15, 0.2) is 12.5 Å². The monoisotopic (exact) mass is 283 g/mol. The van der Waals surface area contributed by atoms with Crippen LogP contribution in [0.5, 0.6) is 0 Å². The molecule has 10 heteroatoms. The van der Waals surface area contributed by atoms with Crippen molar-refractivity contribution in [2.24, 2.45) is 0 Å². The quantitative estimate of drug-likeness (QED) is 0.659. The van der Waals surface area contributed by atoms with E-state index in [1.54, 1.807) is 0 Å². The number of amides is 1. The van der Waals surface area contributed by atoms with E-state index in [1.165, 1.54) is 17.8 Å². The molecule has 3 N–H and O–H groups in total. The Bertz CT molecular complexity index is 450. The van der Waals surface area contributed by atoms with Gasteiger partial charge in [0, 0.05) is 18.3 Å². The molecule has 0 radical (unpaired) electrons. The lowest BCUT2D eigenvalue weighted by Gasteiger charge is -2.18. The molecule has 0 spiro atoms. The Balaban J connectivity index is 2.74. The maximum absolute atomic E-state index is 12.7. The molecule has 1 atom stereocenters. The number of imidazole rings is 1. The molecule has 0 aliphatic heterocycles. The Hall–Kier alpha value is -2.13. The highest BCUT2D eigenvalue weighted by Gasteiger charge is 2.49. The van der Waals surface area contributed by atoms with E-state index in [2.05, 4.69) is 9.97 Å². The molecule has 0 aromatic carbocycles. The van der Waals surface area contributed by atoms with Crippen LogP contribution in [0, 0.1) is 0 Å². The number of carboxylic acid groups (broad SMARTS) is 1. The lowest BCUT2D eigenvalue weighted by molar-refractivity contribution is -0.171. The van der Waals surface area contributed by atoms with Crippen LogP contribution in [0.2, 0.25) is 0 Å². The average molecular weight is 283 g/mol. The van der Waals surface area contributed by atoms with E-state index in [9.17, 15) is 27.2 Å². The highest BCUT2D eigenvalue weighted by atomic mass is 19.3. The fourth-order valence-electron chi connectivity index (χ4n) is 1.17. The van der Waals surface area contributed by atoms with Gasteiger partial charge >= 0.3 is 18.3 Å². The van der Waals surface area contributed by atoms with Gasteiger partial charge in [-0.25, -0.2) is 18.6 Å². The van der Waals surface area contributed by atoms with Gasteiger partial charge in [0.1, 0.15) is 6.04 Å². The molecular weight excluding hydrogens is 274 g/mol. The highest BCUT2D eigenvalue weighted by Crippen LogP contribution is 2.23. The lowest BCUT2D eigenvalue weighted by atomic mass is 10.1. The van der Waals surface area contributed by atoms with Gasteiger partial charge in [0.15, 0.2) is 0 Å². The van der Waals surface area contributed by atoms with Crippen LogP contribution in [0.25, 0.3) is 0 Å². The summed E-state index contributed by atoms with van der Waals surface area (Å²) in [5.74, 6) is -8.91. The minimum absolute atomic E-state index is 0.244. The Morgan fingerprint density at radius 2 is 2.11 bits per heavy atom. The molecule has 0 bridgehead atoms. The lowest BCUT2D eigenvalue weighted by Crippen LogP contribution is -2.52. The number of carbonyl (C=O) groups excluding carboxylic acids is 1. The van der Waals surface area contributed by atoms with E-state index in [4.69, 9.17) is 5.11 Å². The zero-order chi connectivity index (χ0) is 14.6. The van der Waals surface area contributed by atoms with Crippen molar-refractivity contribution in [1.29, 1.82) is 0 Å². The number of aromatic nitrogens is 2. The van der Waals surface area contributed by atoms with Gasteiger partial charge in [-0.15, -0.1) is 0 Å². The molecule has 0 fully saturated rings. The molecule has 0 saturated carbocycles. The Kier molecular flexibility index (Phi) is 4.46. The zero-order valence-corrected chi connectivity index (χ0v) is 9.24. The van der Waals surface area contributed by atoms with E-state index >= 15 is 0 Å². The van der Waals surface area contributed by atoms with Gasteiger partial charge in [0.2, 0.25) is 0 Å². The molecule has 106 valence electrons. The number of rotatable bonds is 6. The topological polar surface area (TPSA) is 95.1 Å². The van der Waals surface area contributed by atoms with Gasteiger partial charge in [-0.3, -0.25) is 4.79 Å². The van der Waals surface area contributed by atoms with Gasteiger partial charge in [0.25, 0.3) is 5.91 Å². The van der Waals surface area contributed by atoms with Crippen molar-refractivity contribution in [2.45, 2.75) is 24.8 Å². The first-order valence-electron chi connectivity index (χ1n) is 4.92. The predicted molar refractivity (Wildman–Crippen MR) is 52.8 cm³/mol. The second-order valence-corrected chi connectivity index (χ2v) is 3.57. The molecule has 1 aromatic heterocycles. The Morgan fingerprint density at radius 3 is 2.53 bits per heavy atom. The number of aromatic amines is 1. The molecule has 1 aromatic rings. The molecule has 1 heterocycles. The average Bonchev–Trinajstić information content (AvgIpc) is 2.80. The second kappa shape index (κ2) is 5.67. The van der Waals surface area contributed by atoms with Crippen molar-refractivity contribution in [3.05, 3.63) is 18.2 Å². The molecule has 19 heavy (non-hydrogen) atoms. The molecule has 6 nitrogen and oxygen atoms in total. The molecule has 0 aliphatic rings. The van der Waals surface area contributed by atoms with E-state index in [1.807, 2.05) is 0 Å². The summed E-state index contributed by atoms with van der Waals surface area (Å²) in [5.41, 5.74) is 0.244. The Morgan fingerprint density at radius 1 is 1.47 bits per heavy atom. The first-order valence-corrected chi connectivity index (χ1v) is 4.92. The SMILES string of the molecule is O=C(O)[C@H](Cc1cnc[nH]1)NC(=O)C(F)(F)C(F)F. The molecule has 0 saturated heterocycles. The number of alkyl halides is 4. The van der Waals surface area contributed by atoms with Crippen molar-refractivity contribution in [3.8, 4) is 0 Å². The molecule has 1 amide bonds. The summed E-state index contributed by atoms with van der Waals surface area (Å²) in [4.78, 5) is 27.8. The van der Waals surface area contributed by atoms with Crippen LogP contribution in [0.1, 0.15) is 5.69 Å². The normalized spacial score (nSPS) is 13.3. The third-order valence-electron chi connectivity index (χ3n) is 2.16. The third kappa shape index (κ3) is 3.66. The van der Waals surface area contributed by atoms with Crippen LogP contribution < -0.4 is 5.32 Å². The number of carbonyl (C=O) groups is 2. The number of hydrogen-bond acceptors (Lipinski definition) is 3. The summed E-state index contributed by atoms with van der Waals surface area (Å²) < 4.78 is 49.2. The first kappa shape index (κ1) is 14.9. The summed E-state index contributed by atoms with van der Waals surface area (Å²) in [6, 6.07) is -1.77. The van der Waals surface area contributed by atoms with E-state index in [-0.39, 0.29) is 12.1 Å². The Labute approximate surface area is 103 Å². The van der Waals surface area contributed by atoms with Crippen LogP contribution >= 0.6 is 0 Å². The standard InChI is InChI=1S/C9H9F4N3O3/c10-7(11)9(12,13)8(19)16-5(6(17)18)1-4-2-14-3-15-4/h2-3,5,7H,1H2,(H,14,15)(H,16,19)(H,17,18)/t5-/m0/s1. The van der Waals surface area contributed by atoms with Crippen molar-refractivity contribution in [2.75, 3.05) is 0 Å². The van der Waals surface area contributed by atoms with Gasteiger partial charge in [0.05, 0.1) is 6.33 Å². The van der Waals surface area contributed by atoms with Gasteiger partial charge in [-0.05, 0) is 0 Å². The highest BCUT2D eigenvalue weighted by molar-refractivity contribution is 5.88. The van der Waals surface area contributed by atoms with Crippen molar-refractivity contribution in [1.82, 2.24) is 15.3 Å². The van der Waals surface area contributed by atoms with E-state index in [0.717, 1.165) is 0 Å².